The SMILES string of the molecule is c1cncc(COc2ccccc2CNCC(c2ccco2)N2CCCC2)c1. The molecule has 1 aromatic carbocycles. The molecule has 0 radical (unpaired) electrons. The standard InChI is InChI=1S/C23H27N3O2/c1-2-9-22(28-18-19-7-5-11-24-15-19)20(8-1)16-25-17-21(23-10-6-14-27-23)26-12-3-4-13-26/h1-2,5-11,14-15,21,25H,3-4,12-13,16-18H2. The van der Waals surface area contributed by atoms with Crippen molar-refractivity contribution < 1.29 is 9.15 Å². The van der Waals surface area contributed by atoms with Crippen LogP contribution >= 0.6 is 0 Å². The zero-order chi connectivity index (χ0) is 19.0. The molecule has 5 nitrogen and oxygen atoms in total. The summed E-state index contributed by atoms with van der Waals surface area (Å²) < 4.78 is 11.8. The van der Waals surface area contributed by atoms with E-state index in [4.69, 9.17) is 9.15 Å². The van der Waals surface area contributed by atoms with Gasteiger partial charge in [-0.25, -0.2) is 0 Å². The summed E-state index contributed by atoms with van der Waals surface area (Å²) in [4.78, 5) is 6.66. The summed E-state index contributed by atoms with van der Waals surface area (Å²) >= 11 is 0. The van der Waals surface area contributed by atoms with Gasteiger partial charge in [-0.05, 0) is 50.2 Å². The normalized spacial score (nSPS) is 15.6. The van der Waals surface area contributed by atoms with Crippen LogP contribution in [0.3, 0.4) is 0 Å². The first kappa shape index (κ1) is 18.7. The Morgan fingerprint density at radius 3 is 2.75 bits per heavy atom. The molecule has 1 aliphatic heterocycles. The summed E-state index contributed by atoms with van der Waals surface area (Å²) in [5.74, 6) is 1.95. The van der Waals surface area contributed by atoms with E-state index < -0.39 is 0 Å². The van der Waals surface area contributed by atoms with Gasteiger partial charge in [0, 0.05) is 36.6 Å². The smallest absolute Gasteiger partial charge is 0.124 e. The van der Waals surface area contributed by atoms with E-state index in [0.29, 0.717) is 6.61 Å². The summed E-state index contributed by atoms with van der Waals surface area (Å²) in [6, 6.07) is 16.5. The highest BCUT2D eigenvalue weighted by atomic mass is 16.5. The monoisotopic (exact) mass is 377 g/mol. The maximum absolute atomic E-state index is 6.04. The van der Waals surface area contributed by atoms with E-state index in [-0.39, 0.29) is 6.04 Å². The van der Waals surface area contributed by atoms with E-state index in [2.05, 4.69) is 33.4 Å². The van der Waals surface area contributed by atoms with Crippen LogP contribution in [0.2, 0.25) is 0 Å². The lowest BCUT2D eigenvalue weighted by Crippen LogP contribution is -2.33. The molecule has 5 heteroatoms. The van der Waals surface area contributed by atoms with Crippen LogP contribution in [0.4, 0.5) is 0 Å². The maximum Gasteiger partial charge on any atom is 0.124 e. The van der Waals surface area contributed by atoms with Gasteiger partial charge in [0.1, 0.15) is 18.1 Å². The van der Waals surface area contributed by atoms with Gasteiger partial charge >= 0.3 is 0 Å². The van der Waals surface area contributed by atoms with Gasteiger partial charge in [-0.15, -0.1) is 0 Å². The number of pyridine rings is 1. The Labute approximate surface area is 166 Å². The molecule has 0 bridgehead atoms. The number of nitrogens with one attached hydrogen (secondary N) is 1. The molecule has 1 fully saturated rings. The van der Waals surface area contributed by atoms with Crippen LogP contribution in [0, 0.1) is 0 Å². The Bertz CT molecular complexity index is 830. The maximum atomic E-state index is 6.04. The van der Waals surface area contributed by atoms with Crippen LogP contribution in [-0.2, 0) is 13.2 Å². The van der Waals surface area contributed by atoms with Crippen molar-refractivity contribution >= 4 is 0 Å². The largest absolute Gasteiger partial charge is 0.489 e. The molecule has 4 rings (SSSR count). The van der Waals surface area contributed by atoms with E-state index in [0.717, 1.165) is 48.8 Å². The lowest BCUT2D eigenvalue weighted by atomic mass is 10.1. The first-order valence-electron chi connectivity index (χ1n) is 9.98. The summed E-state index contributed by atoms with van der Waals surface area (Å²) in [5.41, 5.74) is 2.23. The number of benzene rings is 1. The minimum Gasteiger partial charge on any atom is -0.489 e. The first-order valence-corrected chi connectivity index (χ1v) is 9.98. The Morgan fingerprint density at radius 2 is 1.96 bits per heavy atom. The van der Waals surface area contributed by atoms with Crippen LogP contribution in [0.1, 0.15) is 35.8 Å². The van der Waals surface area contributed by atoms with Gasteiger partial charge in [0.2, 0.25) is 0 Å². The number of rotatable bonds is 9. The summed E-state index contributed by atoms with van der Waals surface area (Å²) in [6.07, 6.45) is 7.91. The van der Waals surface area contributed by atoms with Gasteiger partial charge in [-0.1, -0.05) is 24.3 Å². The van der Waals surface area contributed by atoms with Gasteiger partial charge in [0.25, 0.3) is 0 Å². The minimum atomic E-state index is 0.279. The Kier molecular flexibility index (Phi) is 6.37. The minimum absolute atomic E-state index is 0.279. The second-order valence-electron chi connectivity index (χ2n) is 7.16. The molecule has 1 atom stereocenters. The number of ether oxygens (including phenoxy) is 1. The lowest BCUT2D eigenvalue weighted by molar-refractivity contribution is 0.209. The first-order chi connectivity index (χ1) is 13.9. The predicted octanol–water partition coefficient (Wildman–Crippen LogP) is 4.18. The number of likely N-dealkylation sites (tertiary alicyclic amines) is 1. The molecule has 1 unspecified atom stereocenters. The zero-order valence-electron chi connectivity index (χ0n) is 16.1. The van der Waals surface area contributed by atoms with Gasteiger partial charge < -0.3 is 14.5 Å². The molecule has 0 spiro atoms. The van der Waals surface area contributed by atoms with E-state index >= 15 is 0 Å². The van der Waals surface area contributed by atoms with E-state index in [1.807, 2.05) is 36.5 Å². The van der Waals surface area contributed by atoms with Gasteiger partial charge in [-0.2, -0.15) is 0 Å². The van der Waals surface area contributed by atoms with Crippen molar-refractivity contribution in [2.45, 2.75) is 32.0 Å². The molecule has 146 valence electrons. The highest BCUT2D eigenvalue weighted by Crippen LogP contribution is 2.25. The van der Waals surface area contributed by atoms with Gasteiger partial charge in [0.05, 0.1) is 12.3 Å². The quantitative estimate of drug-likeness (QED) is 0.606. The molecule has 2 aromatic heterocycles. The van der Waals surface area contributed by atoms with E-state index in [1.54, 1.807) is 12.5 Å². The van der Waals surface area contributed by atoms with Crippen molar-refractivity contribution in [1.82, 2.24) is 15.2 Å². The number of aromatic nitrogens is 1. The van der Waals surface area contributed by atoms with Gasteiger partial charge in [-0.3, -0.25) is 9.88 Å². The van der Waals surface area contributed by atoms with Crippen molar-refractivity contribution in [2.24, 2.45) is 0 Å². The third kappa shape index (κ3) is 4.80. The number of hydrogen-bond donors (Lipinski definition) is 1. The Balaban J connectivity index is 1.36. The van der Waals surface area contributed by atoms with E-state index in [1.165, 1.54) is 12.8 Å². The molecule has 1 saturated heterocycles. The van der Waals surface area contributed by atoms with Crippen LogP contribution < -0.4 is 10.1 Å². The second-order valence-corrected chi connectivity index (χ2v) is 7.16. The molecular weight excluding hydrogens is 350 g/mol. The number of nitrogens with zero attached hydrogens (tertiary/aromatic N) is 2. The molecule has 0 amide bonds. The number of para-hydroxylation sites is 1. The number of furan rings is 1. The highest BCUT2D eigenvalue weighted by molar-refractivity contribution is 5.33. The lowest BCUT2D eigenvalue weighted by Gasteiger charge is -2.26. The third-order valence-electron chi connectivity index (χ3n) is 5.20. The summed E-state index contributed by atoms with van der Waals surface area (Å²) in [6.45, 7) is 4.40. The summed E-state index contributed by atoms with van der Waals surface area (Å²) in [5, 5.41) is 3.61. The van der Waals surface area contributed by atoms with Gasteiger partial charge in [0.15, 0.2) is 0 Å². The average Bonchev–Trinajstić information content (AvgIpc) is 3.46. The van der Waals surface area contributed by atoms with Crippen molar-refractivity contribution in [1.29, 1.82) is 0 Å². The summed E-state index contributed by atoms with van der Waals surface area (Å²) in [7, 11) is 0. The topological polar surface area (TPSA) is 50.5 Å². The zero-order valence-corrected chi connectivity index (χ0v) is 16.1. The van der Waals surface area contributed by atoms with Crippen LogP contribution in [0.15, 0.2) is 71.6 Å². The molecule has 0 aliphatic carbocycles. The molecule has 0 saturated carbocycles. The van der Waals surface area contributed by atoms with Crippen LogP contribution in [0.5, 0.6) is 5.75 Å². The molecule has 1 aliphatic rings. The Hall–Kier alpha value is -2.63. The fourth-order valence-electron chi connectivity index (χ4n) is 3.72. The van der Waals surface area contributed by atoms with Crippen LogP contribution in [0.25, 0.3) is 0 Å². The molecule has 3 heterocycles. The van der Waals surface area contributed by atoms with E-state index in [9.17, 15) is 0 Å². The van der Waals surface area contributed by atoms with Crippen molar-refractivity contribution in [3.63, 3.8) is 0 Å². The highest BCUT2D eigenvalue weighted by Gasteiger charge is 2.25. The fraction of sp³-hybridized carbons (Fsp3) is 0.348. The van der Waals surface area contributed by atoms with Crippen molar-refractivity contribution in [3.05, 3.63) is 84.1 Å². The average molecular weight is 377 g/mol. The Morgan fingerprint density at radius 1 is 1.07 bits per heavy atom. The molecule has 1 N–H and O–H groups in total. The third-order valence-corrected chi connectivity index (χ3v) is 5.20. The van der Waals surface area contributed by atoms with Crippen molar-refractivity contribution in [3.8, 4) is 5.75 Å². The fourth-order valence-corrected chi connectivity index (χ4v) is 3.72. The number of hydrogen-bond acceptors (Lipinski definition) is 5. The molecule has 3 aromatic rings. The molecular formula is C23H27N3O2. The van der Waals surface area contributed by atoms with Crippen LogP contribution in [-0.4, -0.2) is 29.5 Å². The van der Waals surface area contributed by atoms with Crippen molar-refractivity contribution in [2.75, 3.05) is 19.6 Å². The second kappa shape index (κ2) is 9.53. The molecule has 28 heavy (non-hydrogen) atoms. The predicted molar refractivity (Wildman–Crippen MR) is 109 cm³/mol.